The standard InChI is InChI=1S/C14H18F2N2O3/c1-2-12(3-4-19)18-13(20)8-17-14(21)9-5-10(15)7-11(16)6-9/h5-7,12,19H,2-4,8H2,1H3,(H,17,21)(H,18,20). The van der Waals surface area contributed by atoms with E-state index in [-0.39, 0.29) is 24.8 Å². The molecule has 1 rings (SSSR count). The van der Waals surface area contributed by atoms with Gasteiger partial charge in [0.15, 0.2) is 0 Å². The van der Waals surface area contributed by atoms with Gasteiger partial charge >= 0.3 is 0 Å². The van der Waals surface area contributed by atoms with E-state index in [0.29, 0.717) is 18.9 Å². The van der Waals surface area contributed by atoms with Crippen LogP contribution >= 0.6 is 0 Å². The van der Waals surface area contributed by atoms with Gasteiger partial charge in [-0.05, 0) is 25.0 Å². The average Bonchev–Trinajstić information content (AvgIpc) is 2.43. The van der Waals surface area contributed by atoms with E-state index in [9.17, 15) is 18.4 Å². The molecule has 0 spiro atoms. The summed E-state index contributed by atoms with van der Waals surface area (Å²) >= 11 is 0. The molecule has 0 bridgehead atoms. The second-order valence-corrected chi connectivity index (χ2v) is 4.53. The predicted molar refractivity (Wildman–Crippen MR) is 72.6 cm³/mol. The van der Waals surface area contributed by atoms with Crippen molar-refractivity contribution in [3.63, 3.8) is 0 Å². The predicted octanol–water partition coefficient (Wildman–Crippen LogP) is 0.972. The third-order valence-corrected chi connectivity index (χ3v) is 2.87. The number of hydrogen-bond donors (Lipinski definition) is 3. The summed E-state index contributed by atoms with van der Waals surface area (Å²) in [5, 5.41) is 13.7. The normalized spacial score (nSPS) is 11.8. The number of benzene rings is 1. The Hall–Kier alpha value is -2.02. The Morgan fingerprint density at radius 2 is 1.86 bits per heavy atom. The maximum atomic E-state index is 13.0. The van der Waals surface area contributed by atoms with Crippen molar-refractivity contribution in [2.24, 2.45) is 0 Å². The van der Waals surface area contributed by atoms with Crippen LogP contribution in [0.3, 0.4) is 0 Å². The number of hydrogen-bond acceptors (Lipinski definition) is 3. The van der Waals surface area contributed by atoms with E-state index in [2.05, 4.69) is 10.6 Å². The fourth-order valence-electron chi connectivity index (χ4n) is 1.76. The molecule has 5 nitrogen and oxygen atoms in total. The van der Waals surface area contributed by atoms with Crippen LogP contribution in [0.5, 0.6) is 0 Å². The molecule has 21 heavy (non-hydrogen) atoms. The number of aliphatic hydroxyl groups is 1. The zero-order chi connectivity index (χ0) is 15.8. The van der Waals surface area contributed by atoms with Crippen molar-refractivity contribution >= 4 is 11.8 Å². The van der Waals surface area contributed by atoms with E-state index in [0.717, 1.165) is 12.1 Å². The first-order chi connectivity index (χ1) is 9.96. The first-order valence-corrected chi connectivity index (χ1v) is 6.60. The molecule has 7 heteroatoms. The molecule has 0 aliphatic rings. The zero-order valence-electron chi connectivity index (χ0n) is 11.7. The van der Waals surface area contributed by atoms with Crippen LogP contribution in [0, 0.1) is 11.6 Å². The number of aliphatic hydroxyl groups excluding tert-OH is 1. The molecule has 0 radical (unpaired) electrons. The topological polar surface area (TPSA) is 78.4 Å². The molecule has 0 fully saturated rings. The molecule has 0 saturated heterocycles. The smallest absolute Gasteiger partial charge is 0.251 e. The molecule has 0 heterocycles. The second-order valence-electron chi connectivity index (χ2n) is 4.53. The highest BCUT2D eigenvalue weighted by Crippen LogP contribution is 2.07. The fraction of sp³-hybridized carbons (Fsp3) is 0.429. The molecule has 2 amide bonds. The third kappa shape index (κ3) is 5.86. The van der Waals surface area contributed by atoms with Gasteiger partial charge in [0.2, 0.25) is 5.91 Å². The first-order valence-electron chi connectivity index (χ1n) is 6.60. The van der Waals surface area contributed by atoms with Gasteiger partial charge in [0.25, 0.3) is 5.91 Å². The van der Waals surface area contributed by atoms with Gasteiger partial charge in [-0.2, -0.15) is 0 Å². The van der Waals surface area contributed by atoms with Crippen LogP contribution in [0.15, 0.2) is 18.2 Å². The zero-order valence-corrected chi connectivity index (χ0v) is 11.7. The highest BCUT2D eigenvalue weighted by molar-refractivity contribution is 5.96. The molecular formula is C14H18F2N2O3. The lowest BCUT2D eigenvalue weighted by atomic mass is 10.1. The molecule has 0 saturated carbocycles. The Labute approximate surface area is 121 Å². The van der Waals surface area contributed by atoms with Gasteiger partial charge in [0.1, 0.15) is 11.6 Å². The number of amides is 2. The summed E-state index contributed by atoms with van der Waals surface area (Å²) in [7, 11) is 0. The highest BCUT2D eigenvalue weighted by atomic mass is 19.1. The van der Waals surface area contributed by atoms with Gasteiger partial charge in [-0.1, -0.05) is 6.92 Å². The molecule has 3 N–H and O–H groups in total. The molecule has 0 aliphatic carbocycles. The van der Waals surface area contributed by atoms with Gasteiger partial charge in [0.05, 0.1) is 6.54 Å². The monoisotopic (exact) mass is 300 g/mol. The van der Waals surface area contributed by atoms with E-state index >= 15 is 0 Å². The number of carbonyl (C=O) groups is 2. The van der Waals surface area contributed by atoms with E-state index in [1.54, 1.807) is 0 Å². The van der Waals surface area contributed by atoms with Crippen LogP contribution in [-0.4, -0.2) is 36.1 Å². The summed E-state index contributed by atoms with van der Waals surface area (Å²) in [5.74, 6) is -2.89. The minimum atomic E-state index is -0.862. The van der Waals surface area contributed by atoms with Gasteiger partial charge in [-0.3, -0.25) is 9.59 Å². The molecule has 1 unspecified atom stereocenters. The Morgan fingerprint density at radius 3 is 2.38 bits per heavy atom. The SMILES string of the molecule is CCC(CCO)NC(=O)CNC(=O)c1cc(F)cc(F)c1. The van der Waals surface area contributed by atoms with Crippen molar-refractivity contribution in [2.75, 3.05) is 13.2 Å². The van der Waals surface area contributed by atoms with Crippen molar-refractivity contribution in [3.05, 3.63) is 35.4 Å². The largest absolute Gasteiger partial charge is 0.396 e. The minimum absolute atomic E-state index is 0.0479. The van der Waals surface area contributed by atoms with Crippen LogP contribution in [0.25, 0.3) is 0 Å². The molecule has 1 aromatic rings. The average molecular weight is 300 g/mol. The minimum Gasteiger partial charge on any atom is -0.396 e. The van der Waals surface area contributed by atoms with Crippen molar-refractivity contribution < 1.29 is 23.5 Å². The van der Waals surface area contributed by atoms with Crippen LogP contribution in [0.4, 0.5) is 8.78 Å². The van der Waals surface area contributed by atoms with Crippen molar-refractivity contribution in [1.82, 2.24) is 10.6 Å². The Kier molecular flexibility index (Phi) is 6.74. The lowest BCUT2D eigenvalue weighted by Crippen LogP contribution is -2.42. The third-order valence-electron chi connectivity index (χ3n) is 2.87. The van der Waals surface area contributed by atoms with Crippen LogP contribution in [-0.2, 0) is 4.79 Å². The van der Waals surface area contributed by atoms with Gasteiger partial charge in [-0.15, -0.1) is 0 Å². The van der Waals surface area contributed by atoms with Crippen LogP contribution in [0.2, 0.25) is 0 Å². The number of rotatable bonds is 7. The van der Waals surface area contributed by atoms with E-state index in [1.807, 2.05) is 6.92 Å². The fourth-order valence-corrected chi connectivity index (χ4v) is 1.76. The van der Waals surface area contributed by atoms with Gasteiger partial charge in [-0.25, -0.2) is 8.78 Å². The molecule has 116 valence electrons. The molecule has 0 aromatic heterocycles. The first kappa shape index (κ1) is 17.0. The maximum Gasteiger partial charge on any atom is 0.251 e. The summed E-state index contributed by atoms with van der Waals surface area (Å²) in [5.41, 5.74) is -0.192. The number of nitrogens with one attached hydrogen (secondary N) is 2. The summed E-state index contributed by atoms with van der Waals surface area (Å²) in [6, 6.07) is 2.25. The molecule has 1 atom stereocenters. The lowest BCUT2D eigenvalue weighted by molar-refractivity contribution is -0.120. The second kappa shape index (κ2) is 8.31. The summed E-state index contributed by atoms with van der Waals surface area (Å²) in [6.45, 7) is 1.50. The van der Waals surface area contributed by atoms with Crippen molar-refractivity contribution in [2.45, 2.75) is 25.8 Å². The molecule has 0 aliphatic heterocycles. The van der Waals surface area contributed by atoms with Gasteiger partial charge in [0, 0.05) is 24.3 Å². The Morgan fingerprint density at radius 1 is 1.24 bits per heavy atom. The van der Waals surface area contributed by atoms with Crippen molar-refractivity contribution in [1.29, 1.82) is 0 Å². The molecular weight excluding hydrogens is 282 g/mol. The summed E-state index contributed by atoms with van der Waals surface area (Å²) in [6.07, 6.45) is 1.07. The van der Waals surface area contributed by atoms with E-state index in [4.69, 9.17) is 5.11 Å². The Balaban J connectivity index is 2.50. The Bertz CT molecular complexity index is 489. The quantitative estimate of drug-likeness (QED) is 0.702. The summed E-state index contributed by atoms with van der Waals surface area (Å²) in [4.78, 5) is 23.3. The maximum absolute atomic E-state index is 13.0. The highest BCUT2D eigenvalue weighted by Gasteiger charge is 2.13. The van der Waals surface area contributed by atoms with Crippen LogP contribution < -0.4 is 10.6 Å². The summed E-state index contributed by atoms with van der Waals surface area (Å²) < 4.78 is 25.9. The van der Waals surface area contributed by atoms with Gasteiger partial charge < -0.3 is 15.7 Å². The van der Waals surface area contributed by atoms with Crippen LogP contribution in [0.1, 0.15) is 30.1 Å². The number of halogens is 2. The number of carbonyl (C=O) groups excluding carboxylic acids is 2. The molecule has 1 aromatic carbocycles. The van der Waals surface area contributed by atoms with E-state index < -0.39 is 23.4 Å². The lowest BCUT2D eigenvalue weighted by Gasteiger charge is -2.15. The van der Waals surface area contributed by atoms with Crippen molar-refractivity contribution in [3.8, 4) is 0 Å². The van der Waals surface area contributed by atoms with E-state index in [1.165, 1.54) is 0 Å².